The Morgan fingerprint density at radius 1 is 1.13 bits per heavy atom. The predicted octanol–water partition coefficient (Wildman–Crippen LogP) is 3.08. The predicted molar refractivity (Wildman–Crippen MR) is 86.4 cm³/mol. The van der Waals surface area contributed by atoms with Gasteiger partial charge in [0.05, 0.1) is 12.5 Å². The molecule has 0 fully saturated rings. The summed E-state index contributed by atoms with van der Waals surface area (Å²) in [6.45, 7) is 3.98. The van der Waals surface area contributed by atoms with Crippen LogP contribution >= 0.6 is 0 Å². The smallest absolute Gasteiger partial charge is 0.317 e. The number of ether oxygens (including phenoxy) is 1. The number of carboxylic acid groups (broad SMARTS) is 1. The highest BCUT2D eigenvalue weighted by Crippen LogP contribution is 2.58. The molecule has 122 valence electrons. The normalized spacial score (nSPS) is 28.7. The summed E-state index contributed by atoms with van der Waals surface area (Å²) in [6.07, 6.45) is 5.70. The van der Waals surface area contributed by atoms with Crippen LogP contribution in [0.25, 0.3) is 0 Å². The van der Waals surface area contributed by atoms with E-state index in [9.17, 15) is 14.7 Å². The van der Waals surface area contributed by atoms with Crippen molar-refractivity contribution in [3.05, 3.63) is 46.5 Å². The fourth-order valence-electron chi connectivity index (χ4n) is 4.63. The van der Waals surface area contributed by atoms with E-state index in [4.69, 9.17) is 4.74 Å². The Morgan fingerprint density at radius 2 is 1.78 bits per heavy atom. The third-order valence-electron chi connectivity index (χ3n) is 5.80. The highest BCUT2D eigenvalue weighted by atomic mass is 16.5. The molecule has 0 aliphatic heterocycles. The lowest BCUT2D eigenvalue weighted by Crippen LogP contribution is -2.59. The van der Waals surface area contributed by atoms with Gasteiger partial charge in [0.25, 0.3) is 0 Å². The van der Waals surface area contributed by atoms with E-state index in [0.717, 1.165) is 22.3 Å². The molecule has 0 aromatic heterocycles. The van der Waals surface area contributed by atoms with Crippen molar-refractivity contribution in [1.82, 2.24) is 0 Å². The molecular formula is C19H22O4. The quantitative estimate of drug-likeness (QED) is 0.673. The number of carbonyl (C=O) groups excluding carboxylic acids is 1. The highest BCUT2D eigenvalue weighted by Gasteiger charge is 2.65. The van der Waals surface area contributed by atoms with E-state index >= 15 is 0 Å². The number of benzene rings is 1. The van der Waals surface area contributed by atoms with Gasteiger partial charge in [0.2, 0.25) is 0 Å². The van der Waals surface area contributed by atoms with Crippen molar-refractivity contribution in [3.63, 3.8) is 0 Å². The molecule has 0 amide bonds. The van der Waals surface area contributed by atoms with Gasteiger partial charge in [0.1, 0.15) is 5.41 Å². The average molecular weight is 314 g/mol. The molecule has 0 bridgehead atoms. The van der Waals surface area contributed by atoms with Crippen LogP contribution in [0.3, 0.4) is 0 Å². The maximum absolute atomic E-state index is 12.9. The SMILES string of the molecule is COC(=O)[C@]12CC=CC[C@@]1(C(=O)O)CCc1c(C)ccc(C)c12. The molecule has 1 aromatic rings. The van der Waals surface area contributed by atoms with Crippen molar-refractivity contribution >= 4 is 11.9 Å². The van der Waals surface area contributed by atoms with Crippen LogP contribution in [-0.2, 0) is 26.2 Å². The van der Waals surface area contributed by atoms with Crippen LogP contribution in [0.4, 0.5) is 0 Å². The summed E-state index contributed by atoms with van der Waals surface area (Å²) in [4.78, 5) is 25.2. The number of allylic oxidation sites excluding steroid dienone is 2. The highest BCUT2D eigenvalue weighted by molar-refractivity contribution is 5.95. The molecule has 0 unspecified atom stereocenters. The molecule has 0 spiro atoms. The van der Waals surface area contributed by atoms with Crippen molar-refractivity contribution in [1.29, 1.82) is 0 Å². The van der Waals surface area contributed by atoms with Crippen LogP contribution in [0, 0.1) is 19.3 Å². The lowest BCUT2D eigenvalue weighted by molar-refractivity contribution is -0.170. The Labute approximate surface area is 136 Å². The van der Waals surface area contributed by atoms with Crippen molar-refractivity contribution in [3.8, 4) is 0 Å². The van der Waals surface area contributed by atoms with Gasteiger partial charge < -0.3 is 9.84 Å². The number of esters is 1. The second kappa shape index (κ2) is 5.22. The van der Waals surface area contributed by atoms with Gasteiger partial charge >= 0.3 is 11.9 Å². The Bertz CT molecular complexity index is 718. The summed E-state index contributed by atoms with van der Waals surface area (Å²) in [6, 6.07) is 4.03. The maximum atomic E-state index is 12.9. The summed E-state index contributed by atoms with van der Waals surface area (Å²) in [5, 5.41) is 10.1. The average Bonchev–Trinajstić information content (AvgIpc) is 2.56. The molecule has 4 heteroatoms. The van der Waals surface area contributed by atoms with Crippen LogP contribution in [-0.4, -0.2) is 24.2 Å². The van der Waals surface area contributed by atoms with Gasteiger partial charge in [-0.3, -0.25) is 9.59 Å². The van der Waals surface area contributed by atoms with E-state index in [1.165, 1.54) is 7.11 Å². The molecule has 2 aliphatic carbocycles. The molecule has 0 saturated carbocycles. The molecule has 2 aliphatic rings. The Balaban J connectivity index is 2.42. The molecule has 1 N–H and O–H groups in total. The molecule has 0 heterocycles. The second-order valence-corrected chi connectivity index (χ2v) is 6.72. The van der Waals surface area contributed by atoms with Crippen LogP contribution in [0.1, 0.15) is 41.5 Å². The van der Waals surface area contributed by atoms with E-state index in [2.05, 4.69) is 0 Å². The van der Waals surface area contributed by atoms with Gasteiger partial charge in [0, 0.05) is 0 Å². The second-order valence-electron chi connectivity index (χ2n) is 6.72. The number of hydrogen-bond donors (Lipinski definition) is 1. The lowest BCUT2D eigenvalue weighted by atomic mass is 9.49. The van der Waals surface area contributed by atoms with Crippen molar-refractivity contribution in [2.75, 3.05) is 7.11 Å². The zero-order chi connectivity index (χ0) is 16.8. The van der Waals surface area contributed by atoms with Gasteiger partial charge in [-0.1, -0.05) is 24.3 Å². The van der Waals surface area contributed by atoms with Crippen molar-refractivity contribution < 1.29 is 19.4 Å². The van der Waals surface area contributed by atoms with E-state index in [0.29, 0.717) is 25.7 Å². The summed E-state index contributed by atoms with van der Waals surface area (Å²) in [5.74, 6) is -1.34. The summed E-state index contributed by atoms with van der Waals surface area (Å²) >= 11 is 0. The van der Waals surface area contributed by atoms with Gasteiger partial charge in [0.15, 0.2) is 0 Å². The minimum atomic E-state index is -1.13. The largest absolute Gasteiger partial charge is 0.481 e. The standard InChI is InChI=1S/C19H22O4/c1-12-6-7-13(2)15-14(12)8-11-18(16(20)21)9-4-5-10-19(15,18)17(22)23-3/h4-7H,8-11H2,1-3H3,(H,20,21)/t18-,19+/m0/s1. The molecule has 0 saturated heterocycles. The minimum absolute atomic E-state index is 0.365. The van der Waals surface area contributed by atoms with Gasteiger partial charge in [-0.05, 0) is 61.8 Å². The van der Waals surface area contributed by atoms with Crippen LogP contribution < -0.4 is 0 Å². The van der Waals surface area contributed by atoms with Crippen LogP contribution in [0.2, 0.25) is 0 Å². The van der Waals surface area contributed by atoms with Gasteiger partial charge in [-0.25, -0.2) is 0 Å². The van der Waals surface area contributed by atoms with E-state index in [-0.39, 0.29) is 0 Å². The monoisotopic (exact) mass is 314 g/mol. The number of aryl methyl sites for hydroxylation is 2. The first-order chi connectivity index (χ1) is 10.9. The summed E-state index contributed by atoms with van der Waals surface area (Å²) in [7, 11) is 1.35. The zero-order valence-electron chi connectivity index (χ0n) is 13.8. The van der Waals surface area contributed by atoms with Gasteiger partial charge in [-0.2, -0.15) is 0 Å². The number of rotatable bonds is 2. The molecule has 0 radical (unpaired) electrons. The number of aliphatic carboxylic acids is 1. The molecule has 1 aromatic carbocycles. The number of methoxy groups -OCH3 is 1. The molecule has 23 heavy (non-hydrogen) atoms. The zero-order valence-corrected chi connectivity index (χ0v) is 13.8. The van der Waals surface area contributed by atoms with Gasteiger partial charge in [-0.15, -0.1) is 0 Å². The number of carboxylic acids is 1. The molecule has 4 nitrogen and oxygen atoms in total. The number of fused-ring (bicyclic) bond motifs is 3. The maximum Gasteiger partial charge on any atom is 0.317 e. The molecule has 2 atom stereocenters. The summed E-state index contributed by atoms with van der Waals surface area (Å²) < 4.78 is 5.14. The Kier molecular flexibility index (Phi) is 3.58. The first kappa shape index (κ1) is 15.8. The molecule has 3 rings (SSSR count). The first-order valence-electron chi connectivity index (χ1n) is 7.97. The Hall–Kier alpha value is -2.10. The fourth-order valence-corrected chi connectivity index (χ4v) is 4.63. The molecular weight excluding hydrogens is 292 g/mol. The fraction of sp³-hybridized carbons (Fsp3) is 0.474. The number of carbonyl (C=O) groups is 2. The summed E-state index contributed by atoms with van der Waals surface area (Å²) in [5.41, 5.74) is 1.82. The van der Waals surface area contributed by atoms with Crippen LogP contribution in [0.15, 0.2) is 24.3 Å². The topological polar surface area (TPSA) is 63.6 Å². The Morgan fingerprint density at radius 3 is 2.43 bits per heavy atom. The lowest BCUT2D eigenvalue weighted by Gasteiger charge is -2.51. The number of hydrogen-bond acceptors (Lipinski definition) is 3. The van der Waals surface area contributed by atoms with Crippen molar-refractivity contribution in [2.24, 2.45) is 5.41 Å². The third kappa shape index (κ3) is 1.84. The van der Waals surface area contributed by atoms with Crippen LogP contribution in [0.5, 0.6) is 0 Å². The van der Waals surface area contributed by atoms with Crippen molar-refractivity contribution in [2.45, 2.75) is 44.9 Å². The van der Waals surface area contributed by atoms with E-state index in [1.54, 1.807) is 0 Å². The first-order valence-corrected chi connectivity index (χ1v) is 7.97. The third-order valence-corrected chi connectivity index (χ3v) is 5.80. The van der Waals surface area contributed by atoms with E-state index < -0.39 is 22.8 Å². The minimum Gasteiger partial charge on any atom is -0.481 e. The van der Waals surface area contributed by atoms with E-state index in [1.807, 2.05) is 38.1 Å².